The summed E-state index contributed by atoms with van der Waals surface area (Å²) >= 11 is 0. The number of pyridine rings is 1. The minimum absolute atomic E-state index is 0.291. The second kappa shape index (κ2) is 7.79. The second-order valence-corrected chi connectivity index (χ2v) is 6.69. The molecule has 144 valence electrons. The van der Waals surface area contributed by atoms with Gasteiger partial charge >= 0.3 is 0 Å². The van der Waals surface area contributed by atoms with Crippen molar-refractivity contribution in [1.29, 1.82) is 0 Å². The molecule has 0 saturated carbocycles. The molecule has 0 amide bonds. The molecular weight excluding hydrogens is 344 g/mol. The van der Waals surface area contributed by atoms with Crippen LogP contribution in [0.25, 0.3) is 5.65 Å². The van der Waals surface area contributed by atoms with Crippen LogP contribution >= 0.6 is 0 Å². The van der Waals surface area contributed by atoms with Crippen LogP contribution in [0.4, 0.5) is 0 Å². The first kappa shape index (κ1) is 18.9. The Balaban J connectivity index is 1.71. The Kier molecular flexibility index (Phi) is 5.46. The Bertz CT molecular complexity index is 941. The minimum atomic E-state index is -1.08. The normalized spacial score (nSPS) is 14.3. The van der Waals surface area contributed by atoms with Crippen molar-refractivity contribution in [3.63, 3.8) is 0 Å². The largest absolute Gasteiger partial charge is 0.466 e. The zero-order chi connectivity index (χ0) is 19.4. The third-order valence-electron chi connectivity index (χ3n) is 4.33. The van der Waals surface area contributed by atoms with Crippen LogP contribution < -0.4 is 10.6 Å². The molecule has 8 heteroatoms. The summed E-state index contributed by atoms with van der Waals surface area (Å²) in [5.41, 5.74) is 0.473. The van der Waals surface area contributed by atoms with Gasteiger partial charge in [0.2, 0.25) is 0 Å². The van der Waals surface area contributed by atoms with Crippen molar-refractivity contribution in [2.24, 2.45) is 4.99 Å². The molecule has 1 atom stereocenters. The molecule has 3 heterocycles. The average molecular weight is 370 g/mol. The van der Waals surface area contributed by atoms with Gasteiger partial charge in [-0.25, -0.2) is 4.99 Å². The van der Waals surface area contributed by atoms with Gasteiger partial charge < -0.3 is 20.2 Å². The van der Waals surface area contributed by atoms with Crippen molar-refractivity contribution in [3.8, 4) is 0 Å². The van der Waals surface area contributed by atoms with E-state index in [0.717, 1.165) is 28.6 Å². The van der Waals surface area contributed by atoms with Crippen LogP contribution in [0.3, 0.4) is 0 Å². The Hall–Kier alpha value is -2.87. The summed E-state index contributed by atoms with van der Waals surface area (Å²) in [5, 5.41) is 25.6. The van der Waals surface area contributed by atoms with E-state index in [1.165, 1.54) is 0 Å². The fourth-order valence-corrected chi connectivity index (χ4v) is 3.01. The third-order valence-corrected chi connectivity index (χ3v) is 4.33. The molecule has 27 heavy (non-hydrogen) atoms. The SMILES string of the molecule is CCNC(=NCc1nnc2ccccn12)NCC(C)(O)c1cc(C)oc1C. The molecule has 8 nitrogen and oxygen atoms in total. The van der Waals surface area contributed by atoms with Gasteiger partial charge in [-0.1, -0.05) is 6.07 Å². The van der Waals surface area contributed by atoms with Crippen LogP contribution in [-0.2, 0) is 12.1 Å². The van der Waals surface area contributed by atoms with Crippen LogP contribution in [0, 0.1) is 13.8 Å². The van der Waals surface area contributed by atoms with E-state index in [1.807, 2.05) is 55.6 Å². The van der Waals surface area contributed by atoms with Crippen LogP contribution in [-0.4, -0.2) is 38.8 Å². The predicted octanol–water partition coefficient (Wildman–Crippen LogP) is 1.90. The van der Waals surface area contributed by atoms with Gasteiger partial charge in [-0.15, -0.1) is 10.2 Å². The van der Waals surface area contributed by atoms with Gasteiger partial charge in [0.05, 0.1) is 6.54 Å². The zero-order valence-corrected chi connectivity index (χ0v) is 16.2. The molecule has 3 rings (SSSR count). The standard InChI is InChI=1S/C19H26N6O2/c1-5-20-18(21-11-17-24-23-16-8-6-7-9-25(16)17)22-12-19(4,26)15-10-13(2)27-14(15)3/h6-10,26H,5,11-12H2,1-4H3,(H2,20,21,22). The number of nitrogens with one attached hydrogen (secondary N) is 2. The summed E-state index contributed by atoms with van der Waals surface area (Å²) < 4.78 is 7.44. The van der Waals surface area contributed by atoms with Crippen molar-refractivity contribution in [3.05, 3.63) is 53.4 Å². The third kappa shape index (κ3) is 4.28. The number of aliphatic imine (C=N–C) groups is 1. The highest BCUT2D eigenvalue weighted by Crippen LogP contribution is 2.26. The lowest BCUT2D eigenvalue weighted by atomic mass is 9.96. The van der Waals surface area contributed by atoms with Gasteiger partial charge in [-0.05, 0) is 45.9 Å². The highest BCUT2D eigenvalue weighted by atomic mass is 16.3. The first-order chi connectivity index (χ1) is 12.9. The van der Waals surface area contributed by atoms with Crippen LogP contribution in [0.2, 0.25) is 0 Å². The van der Waals surface area contributed by atoms with Gasteiger partial charge in [0, 0.05) is 18.3 Å². The highest BCUT2D eigenvalue weighted by molar-refractivity contribution is 5.79. The molecule has 0 saturated heterocycles. The molecule has 0 aliphatic rings. The quantitative estimate of drug-likeness (QED) is 0.453. The van der Waals surface area contributed by atoms with Crippen molar-refractivity contribution in [1.82, 2.24) is 25.2 Å². The number of hydrogen-bond donors (Lipinski definition) is 3. The van der Waals surface area contributed by atoms with Crippen LogP contribution in [0.5, 0.6) is 0 Å². The van der Waals surface area contributed by atoms with Crippen LogP contribution in [0.1, 0.15) is 36.8 Å². The smallest absolute Gasteiger partial charge is 0.191 e. The Labute approximate surface area is 158 Å². The van der Waals surface area contributed by atoms with Crippen molar-refractivity contribution in [2.45, 2.75) is 39.8 Å². The zero-order valence-electron chi connectivity index (χ0n) is 16.2. The maximum atomic E-state index is 10.9. The summed E-state index contributed by atoms with van der Waals surface area (Å²) in [6, 6.07) is 7.61. The molecule has 0 aromatic carbocycles. The lowest BCUT2D eigenvalue weighted by molar-refractivity contribution is 0.0601. The van der Waals surface area contributed by atoms with Crippen molar-refractivity contribution < 1.29 is 9.52 Å². The lowest BCUT2D eigenvalue weighted by Gasteiger charge is -2.24. The fraction of sp³-hybridized carbons (Fsp3) is 0.421. The molecule has 1 unspecified atom stereocenters. The predicted molar refractivity (Wildman–Crippen MR) is 104 cm³/mol. The molecule has 3 aromatic heterocycles. The Morgan fingerprint density at radius 2 is 2.11 bits per heavy atom. The van der Waals surface area contributed by atoms with E-state index in [-0.39, 0.29) is 0 Å². The number of guanidine groups is 1. The first-order valence-corrected chi connectivity index (χ1v) is 9.01. The van der Waals surface area contributed by atoms with E-state index in [0.29, 0.717) is 25.6 Å². The minimum Gasteiger partial charge on any atom is -0.466 e. The molecule has 3 aromatic rings. The van der Waals surface area contributed by atoms with E-state index in [2.05, 4.69) is 25.8 Å². The highest BCUT2D eigenvalue weighted by Gasteiger charge is 2.27. The van der Waals surface area contributed by atoms with E-state index in [1.54, 1.807) is 6.92 Å². The number of aliphatic hydroxyl groups is 1. The second-order valence-electron chi connectivity index (χ2n) is 6.69. The summed E-state index contributed by atoms with van der Waals surface area (Å²) in [5.74, 6) is 2.84. The van der Waals surface area contributed by atoms with Gasteiger partial charge in [-0.3, -0.25) is 4.40 Å². The van der Waals surface area contributed by atoms with Crippen molar-refractivity contribution in [2.75, 3.05) is 13.1 Å². The van der Waals surface area contributed by atoms with E-state index >= 15 is 0 Å². The number of rotatable bonds is 6. The summed E-state index contributed by atoms with van der Waals surface area (Å²) in [6.45, 7) is 8.84. The molecule has 0 fully saturated rings. The molecule has 3 N–H and O–H groups in total. The molecule has 0 radical (unpaired) electrons. The van der Waals surface area contributed by atoms with E-state index < -0.39 is 5.60 Å². The Morgan fingerprint density at radius 1 is 1.30 bits per heavy atom. The lowest BCUT2D eigenvalue weighted by Crippen LogP contribution is -2.44. The van der Waals surface area contributed by atoms with Crippen molar-refractivity contribution >= 4 is 11.6 Å². The number of aryl methyl sites for hydroxylation is 2. The molecular formula is C19H26N6O2. The number of aromatic nitrogens is 3. The molecule has 0 bridgehead atoms. The van der Waals surface area contributed by atoms with Gasteiger partial charge in [0.1, 0.15) is 23.7 Å². The van der Waals surface area contributed by atoms with Crippen LogP contribution in [0.15, 0.2) is 39.9 Å². The van der Waals surface area contributed by atoms with Gasteiger partial charge in [-0.2, -0.15) is 0 Å². The summed E-state index contributed by atoms with van der Waals surface area (Å²) in [4.78, 5) is 4.57. The molecule has 0 spiro atoms. The van der Waals surface area contributed by atoms with E-state index in [9.17, 15) is 5.11 Å². The molecule has 0 aliphatic heterocycles. The maximum Gasteiger partial charge on any atom is 0.191 e. The monoisotopic (exact) mass is 370 g/mol. The number of furan rings is 1. The summed E-state index contributed by atoms with van der Waals surface area (Å²) in [7, 11) is 0. The first-order valence-electron chi connectivity index (χ1n) is 9.01. The van der Waals surface area contributed by atoms with E-state index in [4.69, 9.17) is 4.42 Å². The van der Waals surface area contributed by atoms with Gasteiger partial charge in [0.25, 0.3) is 0 Å². The van der Waals surface area contributed by atoms with Gasteiger partial charge in [0.15, 0.2) is 17.4 Å². The Morgan fingerprint density at radius 3 is 2.81 bits per heavy atom. The summed E-state index contributed by atoms with van der Waals surface area (Å²) in [6.07, 6.45) is 1.91. The number of hydrogen-bond acceptors (Lipinski definition) is 5. The number of fused-ring (bicyclic) bond motifs is 1. The average Bonchev–Trinajstić information content (AvgIpc) is 3.20. The maximum absolute atomic E-state index is 10.9. The number of nitrogens with zero attached hydrogens (tertiary/aromatic N) is 4. The fourth-order valence-electron chi connectivity index (χ4n) is 3.01. The topological polar surface area (TPSA) is 100.0 Å². The molecule has 0 aliphatic carbocycles.